The van der Waals surface area contributed by atoms with Crippen molar-refractivity contribution >= 4 is 22.5 Å². The number of aromatic hydroxyl groups is 1. The molecule has 0 radical (unpaired) electrons. The maximum atomic E-state index is 13.2. The summed E-state index contributed by atoms with van der Waals surface area (Å²) in [6, 6.07) is 8.67. The van der Waals surface area contributed by atoms with E-state index in [9.17, 15) is 9.90 Å². The third kappa shape index (κ3) is 3.34. The largest absolute Gasteiger partial charge is 0.507 e. The number of amides is 1. The number of H-pyrrole nitrogens is 1. The van der Waals surface area contributed by atoms with E-state index in [1.807, 2.05) is 0 Å². The van der Waals surface area contributed by atoms with Crippen LogP contribution in [0.5, 0.6) is 17.2 Å². The van der Waals surface area contributed by atoms with E-state index in [1.54, 1.807) is 37.4 Å². The molecule has 0 bridgehead atoms. The first-order chi connectivity index (χ1) is 14.6. The van der Waals surface area contributed by atoms with Crippen LogP contribution in [0, 0.1) is 5.92 Å². The molecule has 2 aliphatic rings. The maximum absolute atomic E-state index is 13.2. The average molecular weight is 407 g/mol. The van der Waals surface area contributed by atoms with Gasteiger partial charge in [0.1, 0.15) is 5.75 Å². The fraction of sp³-hybridized carbons (Fsp3) is 0.391. The maximum Gasteiger partial charge on any atom is 0.261 e. The van der Waals surface area contributed by atoms with E-state index in [0.29, 0.717) is 28.6 Å². The van der Waals surface area contributed by atoms with Gasteiger partial charge in [0.2, 0.25) is 6.79 Å². The summed E-state index contributed by atoms with van der Waals surface area (Å²) < 4.78 is 10.7. The predicted octanol–water partition coefficient (Wildman–Crippen LogP) is 4.40. The number of aromatic amines is 1. The number of hydrogen-bond acceptors (Lipinski definition) is 5. The van der Waals surface area contributed by atoms with Gasteiger partial charge in [0.15, 0.2) is 11.5 Å². The predicted molar refractivity (Wildman–Crippen MR) is 113 cm³/mol. The van der Waals surface area contributed by atoms with E-state index >= 15 is 0 Å². The van der Waals surface area contributed by atoms with Crippen molar-refractivity contribution in [3.8, 4) is 17.2 Å². The molecule has 7 nitrogen and oxygen atoms in total. The number of rotatable bonds is 4. The van der Waals surface area contributed by atoms with Gasteiger partial charge in [-0.3, -0.25) is 9.89 Å². The highest BCUT2D eigenvalue weighted by atomic mass is 16.7. The van der Waals surface area contributed by atoms with E-state index in [-0.39, 0.29) is 24.0 Å². The SMILES string of the molecule is CN(C(=O)c1cc2c(CC3CCCCC3)[nH]nc2cc1O)c1ccc2c(c1)OCO2. The molecule has 1 fully saturated rings. The van der Waals surface area contributed by atoms with Gasteiger partial charge in [-0.2, -0.15) is 5.10 Å². The Morgan fingerprint density at radius 1 is 1.17 bits per heavy atom. The molecule has 2 N–H and O–H groups in total. The van der Waals surface area contributed by atoms with E-state index in [2.05, 4.69) is 10.2 Å². The van der Waals surface area contributed by atoms with Crippen molar-refractivity contribution in [2.75, 3.05) is 18.7 Å². The second-order valence-electron chi connectivity index (χ2n) is 8.20. The third-order valence-corrected chi connectivity index (χ3v) is 6.25. The number of nitrogens with one attached hydrogen (secondary N) is 1. The molecule has 156 valence electrons. The molecule has 1 aromatic heterocycles. The van der Waals surface area contributed by atoms with E-state index in [1.165, 1.54) is 37.0 Å². The van der Waals surface area contributed by atoms with Crippen LogP contribution in [-0.4, -0.2) is 35.1 Å². The van der Waals surface area contributed by atoms with E-state index in [0.717, 1.165) is 17.5 Å². The molecular formula is C23H25N3O4. The van der Waals surface area contributed by atoms with Crippen molar-refractivity contribution in [1.82, 2.24) is 10.2 Å². The summed E-state index contributed by atoms with van der Waals surface area (Å²) in [5.41, 5.74) is 2.64. The van der Waals surface area contributed by atoms with Crippen LogP contribution in [0.4, 0.5) is 5.69 Å². The van der Waals surface area contributed by atoms with Gasteiger partial charge in [-0.1, -0.05) is 32.1 Å². The second kappa shape index (κ2) is 7.55. The molecule has 3 aromatic rings. The lowest BCUT2D eigenvalue weighted by Crippen LogP contribution is -2.26. The van der Waals surface area contributed by atoms with Gasteiger partial charge in [-0.25, -0.2) is 0 Å². The summed E-state index contributed by atoms with van der Waals surface area (Å²) in [5, 5.41) is 18.9. The highest BCUT2D eigenvalue weighted by Gasteiger charge is 2.23. The zero-order valence-corrected chi connectivity index (χ0v) is 17.0. The summed E-state index contributed by atoms with van der Waals surface area (Å²) in [4.78, 5) is 14.7. The van der Waals surface area contributed by atoms with Crippen LogP contribution in [0.3, 0.4) is 0 Å². The molecule has 0 spiro atoms. The molecule has 2 aromatic carbocycles. The van der Waals surface area contributed by atoms with E-state index < -0.39 is 0 Å². The fourth-order valence-corrected chi connectivity index (χ4v) is 4.50. The lowest BCUT2D eigenvalue weighted by Gasteiger charge is -2.21. The number of carbonyl (C=O) groups excluding carboxylic acids is 1. The van der Waals surface area contributed by atoms with Crippen molar-refractivity contribution in [2.24, 2.45) is 5.92 Å². The molecule has 1 aliphatic heterocycles. The molecule has 2 heterocycles. The highest BCUT2D eigenvalue weighted by Crippen LogP contribution is 2.36. The van der Waals surface area contributed by atoms with Crippen LogP contribution in [0.15, 0.2) is 30.3 Å². The van der Waals surface area contributed by atoms with Gasteiger partial charge in [-0.15, -0.1) is 0 Å². The Balaban J connectivity index is 1.44. The van der Waals surface area contributed by atoms with Crippen molar-refractivity contribution < 1.29 is 19.4 Å². The van der Waals surface area contributed by atoms with Crippen LogP contribution in [0.25, 0.3) is 10.9 Å². The second-order valence-corrected chi connectivity index (χ2v) is 8.20. The van der Waals surface area contributed by atoms with Gasteiger partial charge in [0.05, 0.1) is 11.1 Å². The summed E-state index contributed by atoms with van der Waals surface area (Å²) >= 11 is 0. The number of phenolic OH excluding ortho intramolecular Hbond substituents is 1. The van der Waals surface area contributed by atoms with Crippen molar-refractivity contribution in [2.45, 2.75) is 38.5 Å². The van der Waals surface area contributed by atoms with Gasteiger partial charge in [0.25, 0.3) is 5.91 Å². The molecule has 1 aliphatic carbocycles. The number of nitrogens with zero attached hydrogens (tertiary/aromatic N) is 2. The highest BCUT2D eigenvalue weighted by molar-refractivity contribution is 6.09. The summed E-state index contributed by atoms with van der Waals surface area (Å²) in [7, 11) is 1.68. The molecule has 1 saturated carbocycles. The lowest BCUT2D eigenvalue weighted by atomic mass is 9.85. The molecule has 7 heteroatoms. The molecule has 0 unspecified atom stereocenters. The van der Waals surface area contributed by atoms with Gasteiger partial charge < -0.3 is 19.5 Å². The summed E-state index contributed by atoms with van der Waals surface area (Å²) in [6.45, 7) is 0.179. The first-order valence-corrected chi connectivity index (χ1v) is 10.5. The fourth-order valence-electron chi connectivity index (χ4n) is 4.50. The number of benzene rings is 2. The zero-order chi connectivity index (χ0) is 20.7. The Morgan fingerprint density at radius 2 is 1.97 bits per heavy atom. The number of ether oxygens (including phenoxy) is 2. The van der Waals surface area contributed by atoms with Gasteiger partial charge in [-0.05, 0) is 30.5 Å². The Labute approximate surface area is 174 Å². The van der Waals surface area contributed by atoms with Gasteiger partial charge in [0, 0.05) is 35.9 Å². The zero-order valence-electron chi connectivity index (χ0n) is 17.0. The topological polar surface area (TPSA) is 87.7 Å². The Kier molecular flexibility index (Phi) is 4.73. The number of anilines is 1. The first-order valence-electron chi connectivity index (χ1n) is 10.5. The minimum atomic E-state index is -0.293. The number of aromatic nitrogens is 2. The summed E-state index contributed by atoms with van der Waals surface area (Å²) in [5.74, 6) is 1.55. The average Bonchev–Trinajstić information content (AvgIpc) is 3.39. The van der Waals surface area contributed by atoms with Crippen molar-refractivity contribution in [3.05, 3.63) is 41.6 Å². The molecule has 0 saturated heterocycles. The van der Waals surface area contributed by atoms with Crippen LogP contribution in [0.1, 0.15) is 48.2 Å². The summed E-state index contributed by atoms with van der Waals surface area (Å²) in [6.07, 6.45) is 7.27. The van der Waals surface area contributed by atoms with Crippen molar-refractivity contribution in [3.63, 3.8) is 0 Å². The van der Waals surface area contributed by atoms with Crippen molar-refractivity contribution in [1.29, 1.82) is 0 Å². The van der Waals surface area contributed by atoms with Crippen LogP contribution in [0.2, 0.25) is 0 Å². The number of phenols is 1. The molecule has 0 atom stereocenters. The Bertz CT molecular complexity index is 1100. The first kappa shape index (κ1) is 18.8. The van der Waals surface area contributed by atoms with Crippen LogP contribution < -0.4 is 14.4 Å². The number of carbonyl (C=O) groups is 1. The normalized spacial score (nSPS) is 16.2. The minimum absolute atomic E-state index is 0.0733. The lowest BCUT2D eigenvalue weighted by molar-refractivity contribution is 0.0990. The molecule has 30 heavy (non-hydrogen) atoms. The molecular weight excluding hydrogens is 382 g/mol. The standard InChI is InChI=1S/C23H25N3O4/c1-26(15-7-8-21-22(10-15)30-13-29-21)23(28)17-11-16-18(9-14-5-3-2-4-6-14)24-25-19(16)12-20(17)27/h7-8,10-12,14,27H,2-6,9,13H2,1H3,(H,24,25). The smallest absolute Gasteiger partial charge is 0.261 e. The Hall–Kier alpha value is -3.22. The molecule has 1 amide bonds. The minimum Gasteiger partial charge on any atom is -0.507 e. The monoisotopic (exact) mass is 407 g/mol. The number of fused-ring (bicyclic) bond motifs is 2. The number of hydrogen-bond donors (Lipinski definition) is 2. The third-order valence-electron chi connectivity index (χ3n) is 6.25. The van der Waals surface area contributed by atoms with Crippen LogP contribution >= 0.6 is 0 Å². The quantitative estimate of drug-likeness (QED) is 0.669. The van der Waals surface area contributed by atoms with E-state index in [4.69, 9.17) is 9.47 Å². The van der Waals surface area contributed by atoms with Gasteiger partial charge >= 0.3 is 0 Å². The van der Waals surface area contributed by atoms with Crippen LogP contribution in [-0.2, 0) is 6.42 Å². The molecule has 5 rings (SSSR count). The Morgan fingerprint density at radius 3 is 2.80 bits per heavy atom.